The van der Waals surface area contributed by atoms with Crippen LogP contribution in [0.5, 0.6) is 0 Å². The van der Waals surface area contributed by atoms with Gasteiger partial charge in [-0.2, -0.15) is 0 Å². The Labute approximate surface area is 184 Å². The minimum atomic E-state index is -0.811. The normalized spacial score (nSPS) is 16.6. The molecule has 29 heavy (non-hydrogen) atoms. The summed E-state index contributed by atoms with van der Waals surface area (Å²) in [5.74, 6) is 8.75. The zero-order valence-electron chi connectivity index (χ0n) is 17.0. The lowest BCUT2D eigenvalue weighted by Gasteiger charge is -2.37. The van der Waals surface area contributed by atoms with E-state index < -0.39 is 5.60 Å². The molecule has 0 spiro atoms. The first-order valence-electron chi connectivity index (χ1n) is 10.5. The largest absolute Gasteiger partial charge is 0.383 e. The van der Waals surface area contributed by atoms with Crippen LogP contribution in [0.3, 0.4) is 0 Å². The second-order valence-corrected chi connectivity index (χ2v) is 10.1. The van der Waals surface area contributed by atoms with Crippen molar-refractivity contribution in [3.8, 4) is 11.8 Å². The molecule has 1 unspecified atom stereocenters. The van der Waals surface area contributed by atoms with Crippen molar-refractivity contribution in [3.63, 3.8) is 0 Å². The highest BCUT2D eigenvalue weighted by molar-refractivity contribution is 8.17. The zero-order valence-corrected chi connectivity index (χ0v) is 18.6. The second kappa shape index (κ2) is 12.3. The summed E-state index contributed by atoms with van der Waals surface area (Å²) in [6.45, 7) is 1.69. The molecular weight excluding hydrogens is 394 g/mol. The fourth-order valence-corrected chi connectivity index (χ4v) is 6.76. The van der Waals surface area contributed by atoms with Crippen LogP contribution in [0.15, 0.2) is 60.7 Å². The third-order valence-corrected chi connectivity index (χ3v) is 8.37. The van der Waals surface area contributed by atoms with Crippen molar-refractivity contribution in [2.45, 2.75) is 42.3 Å². The molecule has 0 bridgehead atoms. The van der Waals surface area contributed by atoms with Crippen LogP contribution < -0.4 is 5.32 Å². The summed E-state index contributed by atoms with van der Waals surface area (Å²) in [6, 6.07) is 20.7. The summed E-state index contributed by atoms with van der Waals surface area (Å²) < 4.78 is 0.191. The molecule has 0 saturated carbocycles. The molecule has 3 rings (SSSR count). The highest BCUT2D eigenvalue weighted by Crippen LogP contribution is 2.45. The molecule has 2 aromatic rings. The van der Waals surface area contributed by atoms with Crippen LogP contribution in [-0.4, -0.2) is 34.3 Å². The number of hydrogen-bond acceptors (Lipinski definition) is 4. The summed E-state index contributed by atoms with van der Waals surface area (Å²) >= 11 is 3.79. The van der Waals surface area contributed by atoms with Gasteiger partial charge in [-0.25, -0.2) is 0 Å². The van der Waals surface area contributed by atoms with Gasteiger partial charge in [0.25, 0.3) is 0 Å². The van der Waals surface area contributed by atoms with Crippen molar-refractivity contribution in [3.05, 3.63) is 71.8 Å². The van der Waals surface area contributed by atoms with E-state index in [0.717, 1.165) is 36.5 Å². The average Bonchev–Trinajstić information content (AvgIpc) is 2.79. The van der Waals surface area contributed by atoms with Crippen LogP contribution in [0, 0.1) is 11.8 Å². The SMILES string of the molecule is OC(CCC#CCNCCCc1ccccc1)(c1ccccc1)C1SCCCS1. The van der Waals surface area contributed by atoms with Gasteiger partial charge in [-0.1, -0.05) is 66.6 Å². The summed E-state index contributed by atoms with van der Waals surface area (Å²) in [5.41, 5.74) is 1.60. The summed E-state index contributed by atoms with van der Waals surface area (Å²) in [7, 11) is 0. The lowest BCUT2D eigenvalue weighted by Crippen LogP contribution is -2.37. The Morgan fingerprint density at radius 1 is 0.966 bits per heavy atom. The maximum atomic E-state index is 11.6. The van der Waals surface area contributed by atoms with Crippen molar-refractivity contribution < 1.29 is 5.11 Å². The van der Waals surface area contributed by atoms with Gasteiger partial charge in [0.15, 0.2) is 0 Å². The molecule has 0 amide bonds. The monoisotopic (exact) mass is 425 g/mol. The minimum Gasteiger partial charge on any atom is -0.383 e. The highest BCUT2D eigenvalue weighted by Gasteiger charge is 2.39. The van der Waals surface area contributed by atoms with E-state index in [9.17, 15) is 5.11 Å². The van der Waals surface area contributed by atoms with Crippen molar-refractivity contribution in [2.24, 2.45) is 0 Å². The first kappa shape index (κ1) is 22.3. The van der Waals surface area contributed by atoms with E-state index in [1.54, 1.807) is 0 Å². The minimum absolute atomic E-state index is 0.191. The lowest BCUT2D eigenvalue weighted by atomic mass is 9.90. The molecule has 2 aromatic carbocycles. The number of aryl methyl sites for hydroxylation is 1. The molecule has 1 aliphatic rings. The quantitative estimate of drug-likeness (QED) is 0.434. The average molecular weight is 426 g/mol. The molecule has 2 nitrogen and oxygen atoms in total. The summed E-state index contributed by atoms with van der Waals surface area (Å²) in [4.78, 5) is 0. The number of aliphatic hydroxyl groups is 1. The van der Waals surface area contributed by atoms with Gasteiger partial charge in [0.05, 0.1) is 11.1 Å². The van der Waals surface area contributed by atoms with Gasteiger partial charge in [0.2, 0.25) is 0 Å². The smallest absolute Gasteiger partial charge is 0.111 e. The van der Waals surface area contributed by atoms with Gasteiger partial charge in [-0.15, -0.1) is 29.4 Å². The molecular formula is C25H31NOS2. The predicted octanol–water partition coefficient (Wildman–Crippen LogP) is 5.08. The molecule has 0 aliphatic carbocycles. The summed E-state index contributed by atoms with van der Waals surface area (Å²) in [6.07, 6.45) is 4.85. The first-order chi connectivity index (χ1) is 14.3. The van der Waals surface area contributed by atoms with E-state index in [2.05, 4.69) is 59.6 Å². The predicted molar refractivity (Wildman–Crippen MR) is 128 cm³/mol. The maximum Gasteiger partial charge on any atom is 0.111 e. The van der Waals surface area contributed by atoms with Gasteiger partial charge >= 0.3 is 0 Å². The number of thioether (sulfide) groups is 2. The van der Waals surface area contributed by atoms with E-state index in [1.807, 2.05) is 41.7 Å². The molecule has 154 valence electrons. The molecule has 1 saturated heterocycles. The van der Waals surface area contributed by atoms with Crippen LogP contribution in [0.1, 0.15) is 36.8 Å². The molecule has 1 aliphatic heterocycles. The highest BCUT2D eigenvalue weighted by atomic mass is 32.2. The number of rotatable bonds is 9. The van der Waals surface area contributed by atoms with Gasteiger partial charge in [0.1, 0.15) is 5.60 Å². The van der Waals surface area contributed by atoms with Crippen molar-refractivity contribution in [1.82, 2.24) is 5.32 Å². The van der Waals surface area contributed by atoms with Crippen molar-refractivity contribution in [2.75, 3.05) is 24.6 Å². The Balaban J connectivity index is 1.42. The molecule has 0 aromatic heterocycles. The zero-order chi connectivity index (χ0) is 20.2. The Kier molecular flexibility index (Phi) is 9.50. The Bertz CT molecular complexity index is 766. The number of hydrogen-bond donors (Lipinski definition) is 2. The topological polar surface area (TPSA) is 32.3 Å². The van der Waals surface area contributed by atoms with Crippen LogP contribution in [0.4, 0.5) is 0 Å². The van der Waals surface area contributed by atoms with E-state index in [-0.39, 0.29) is 4.58 Å². The Morgan fingerprint density at radius 3 is 2.38 bits per heavy atom. The fraction of sp³-hybridized carbons (Fsp3) is 0.440. The third kappa shape index (κ3) is 7.12. The number of nitrogens with one attached hydrogen (secondary N) is 1. The molecule has 1 fully saturated rings. The molecule has 4 heteroatoms. The van der Waals surface area contributed by atoms with E-state index >= 15 is 0 Å². The van der Waals surface area contributed by atoms with Crippen LogP contribution in [0.2, 0.25) is 0 Å². The van der Waals surface area contributed by atoms with Crippen LogP contribution >= 0.6 is 23.5 Å². The fourth-order valence-electron chi connectivity index (χ4n) is 3.51. The second-order valence-electron chi connectivity index (χ2n) is 7.34. The standard InChI is InChI=1S/C25H31NOS2/c27-25(23-15-6-2-7-16-23,24-28-20-11-21-29-24)17-8-3-9-18-26-19-10-14-22-12-4-1-5-13-22/h1-2,4-7,12-13,15-16,24,26-27H,8,10-11,14,17-21H2. The Morgan fingerprint density at radius 2 is 1.66 bits per heavy atom. The number of benzene rings is 2. The van der Waals surface area contributed by atoms with Crippen molar-refractivity contribution >= 4 is 23.5 Å². The first-order valence-corrected chi connectivity index (χ1v) is 12.6. The van der Waals surface area contributed by atoms with Crippen LogP contribution in [-0.2, 0) is 12.0 Å². The molecule has 1 heterocycles. The van der Waals surface area contributed by atoms with Crippen molar-refractivity contribution in [1.29, 1.82) is 0 Å². The summed E-state index contributed by atoms with van der Waals surface area (Å²) in [5, 5.41) is 15.0. The van der Waals surface area contributed by atoms with Crippen LogP contribution in [0.25, 0.3) is 0 Å². The lowest BCUT2D eigenvalue weighted by molar-refractivity contribution is 0.0464. The van der Waals surface area contributed by atoms with Gasteiger partial charge in [-0.05, 0) is 54.9 Å². The molecule has 0 radical (unpaired) electrons. The third-order valence-electron chi connectivity index (χ3n) is 5.12. The maximum absolute atomic E-state index is 11.6. The van der Waals surface area contributed by atoms with Gasteiger partial charge in [0, 0.05) is 6.42 Å². The Hall–Kier alpha value is -1.38. The van der Waals surface area contributed by atoms with Gasteiger partial charge < -0.3 is 10.4 Å². The van der Waals surface area contributed by atoms with E-state index in [4.69, 9.17) is 0 Å². The van der Waals surface area contributed by atoms with E-state index in [0.29, 0.717) is 19.4 Å². The molecule has 2 N–H and O–H groups in total. The molecule has 1 atom stereocenters. The van der Waals surface area contributed by atoms with E-state index in [1.165, 1.54) is 12.0 Å². The van der Waals surface area contributed by atoms with Gasteiger partial charge in [-0.3, -0.25) is 0 Å².